The Morgan fingerprint density at radius 1 is 1.33 bits per heavy atom. The molecule has 0 radical (unpaired) electrons. The molecule has 1 saturated heterocycles. The van der Waals surface area contributed by atoms with Gasteiger partial charge in [0, 0.05) is 19.7 Å². The molecule has 1 aliphatic heterocycles. The van der Waals surface area contributed by atoms with Crippen LogP contribution in [0.3, 0.4) is 0 Å². The van der Waals surface area contributed by atoms with Crippen LogP contribution >= 0.6 is 0 Å². The van der Waals surface area contributed by atoms with Crippen LogP contribution in [0, 0.1) is 5.41 Å². The highest BCUT2D eigenvalue weighted by atomic mass is 16.5. The third-order valence-corrected chi connectivity index (χ3v) is 4.38. The van der Waals surface area contributed by atoms with Crippen molar-refractivity contribution in [2.75, 3.05) is 26.7 Å². The van der Waals surface area contributed by atoms with E-state index in [1.807, 2.05) is 7.05 Å². The number of likely N-dealkylation sites (N-methyl/N-ethyl adjacent to an activating group) is 1. The molecule has 0 aromatic carbocycles. The van der Waals surface area contributed by atoms with Crippen molar-refractivity contribution in [2.45, 2.75) is 51.0 Å². The van der Waals surface area contributed by atoms with Crippen molar-refractivity contribution in [3.05, 3.63) is 0 Å². The number of rotatable bonds is 5. The summed E-state index contributed by atoms with van der Waals surface area (Å²) in [6, 6.07) is 0. The SMILES string of the molecule is CN(CC1CCCO1)CC1(C(=O)O)CCCCC1. The van der Waals surface area contributed by atoms with E-state index in [1.165, 1.54) is 6.42 Å². The molecule has 1 aliphatic carbocycles. The van der Waals surface area contributed by atoms with Crippen molar-refractivity contribution in [1.82, 2.24) is 4.90 Å². The molecule has 1 N–H and O–H groups in total. The zero-order valence-corrected chi connectivity index (χ0v) is 11.4. The van der Waals surface area contributed by atoms with Crippen LogP contribution in [0.5, 0.6) is 0 Å². The van der Waals surface area contributed by atoms with E-state index in [9.17, 15) is 9.90 Å². The molecule has 0 amide bonds. The van der Waals surface area contributed by atoms with Crippen molar-refractivity contribution in [3.63, 3.8) is 0 Å². The average Bonchev–Trinajstić information content (AvgIpc) is 2.82. The third-order valence-electron chi connectivity index (χ3n) is 4.38. The lowest BCUT2D eigenvalue weighted by Crippen LogP contribution is -2.45. The quantitative estimate of drug-likeness (QED) is 0.817. The fourth-order valence-electron chi connectivity index (χ4n) is 3.39. The Hall–Kier alpha value is -0.610. The largest absolute Gasteiger partial charge is 0.481 e. The second-order valence-corrected chi connectivity index (χ2v) is 5.98. The summed E-state index contributed by atoms with van der Waals surface area (Å²) in [4.78, 5) is 13.8. The minimum Gasteiger partial charge on any atom is -0.481 e. The summed E-state index contributed by atoms with van der Waals surface area (Å²) in [5, 5.41) is 9.54. The highest BCUT2D eigenvalue weighted by Gasteiger charge is 2.40. The first kappa shape index (κ1) is 13.8. The van der Waals surface area contributed by atoms with Gasteiger partial charge in [-0.15, -0.1) is 0 Å². The highest BCUT2D eigenvalue weighted by Crippen LogP contribution is 2.37. The second-order valence-electron chi connectivity index (χ2n) is 5.98. The molecule has 2 fully saturated rings. The van der Waals surface area contributed by atoms with Gasteiger partial charge in [-0.25, -0.2) is 0 Å². The molecule has 0 aromatic rings. The van der Waals surface area contributed by atoms with Crippen LogP contribution in [0.1, 0.15) is 44.9 Å². The summed E-state index contributed by atoms with van der Waals surface area (Å²) in [6.45, 7) is 2.40. The molecule has 2 aliphatic rings. The van der Waals surface area contributed by atoms with E-state index in [0.717, 1.165) is 51.7 Å². The number of carboxylic acids is 1. The number of nitrogens with zero attached hydrogens (tertiary/aromatic N) is 1. The van der Waals surface area contributed by atoms with E-state index in [2.05, 4.69) is 4.90 Å². The molecule has 0 bridgehead atoms. The van der Waals surface area contributed by atoms with Crippen LogP contribution in [0.4, 0.5) is 0 Å². The normalized spacial score (nSPS) is 27.6. The van der Waals surface area contributed by atoms with E-state index in [0.29, 0.717) is 12.6 Å². The molecule has 4 nitrogen and oxygen atoms in total. The van der Waals surface area contributed by atoms with Crippen molar-refractivity contribution >= 4 is 5.97 Å². The van der Waals surface area contributed by atoms with Gasteiger partial charge in [-0.1, -0.05) is 19.3 Å². The Bertz CT molecular complexity index is 281. The fraction of sp³-hybridized carbons (Fsp3) is 0.929. The van der Waals surface area contributed by atoms with Gasteiger partial charge in [-0.05, 0) is 32.7 Å². The predicted molar refractivity (Wildman–Crippen MR) is 69.6 cm³/mol. The molecule has 0 spiro atoms. The lowest BCUT2D eigenvalue weighted by atomic mass is 9.73. The molecular formula is C14H25NO3. The van der Waals surface area contributed by atoms with Crippen LogP contribution < -0.4 is 0 Å². The maximum Gasteiger partial charge on any atom is 0.310 e. The predicted octanol–water partition coefficient (Wildman–Crippen LogP) is 2.13. The minimum atomic E-state index is -0.610. The van der Waals surface area contributed by atoms with Crippen LogP contribution in [0.25, 0.3) is 0 Å². The van der Waals surface area contributed by atoms with E-state index >= 15 is 0 Å². The minimum absolute atomic E-state index is 0.310. The third kappa shape index (κ3) is 3.23. The van der Waals surface area contributed by atoms with Gasteiger partial charge < -0.3 is 14.7 Å². The number of carboxylic acid groups (broad SMARTS) is 1. The summed E-state index contributed by atoms with van der Waals surface area (Å²) in [5.41, 5.74) is -0.508. The number of aliphatic carboxylic acids is 1. The average molecular weight is 255 g/mol. The molecule has 18 heavy (non-hydrogen) atoms. The van der Waals surface area contributed by atoms with E-state index in [4.69, 9.17) is 4.74 Å². The molecule has 4 heteroatoms. The van der Waals surface area contributed by atoms with Gasteiger partial charge in [0.05, 0.1) is 11.5 Å². The zero-order chi connectivity index (χ0) is 13.0. The highest BCUT2D eigenvalue weighted by molar-refractivity contribution is 5.75. The van der Waals surface area contributed by atoms with Gasteiger partial charge in [0.25, 0.3) is 0 Å². The van der Waals surface area contributed by atoms with Gasteiger partial charge in [-0.2, -0.15) is 0 Å². The van der Waals surface area contributed by atoms with E-state index < -0.39 is 11.4 Å². The van der Waals surface area contributed by atoms with E-state index in [-0.39, 0.29) is 0 Å². The summed E-state index contributed by atoms with van der Waals surface area (Å²) < 4.78 is 5.62. The molecule has 1 unspecified atom stereocenters. The molecule has 2 rings (SSSR count). The zero-order valence-electron chi connectivity index (χ0n) is 11.4. The smallest absolute Gasteiger partial charge is 0.310 e. The summed E-state index contributed by atoms with van der Waals surface area (Å²) in [6.07, 6.45) is 7.53. The van der Waals surface area contributed by atoms with Crippen LogP contribution in [0.2, 0.25) is 0 Å². The fourth-order valence-corrected chi connectivity index (χ4v) is 3.39. The number of ether oxygens (including phenoxy) is 1. The standard InChI is InChI=1S/C14H25NO3/c1-15(10-12-6-5-9-18-12)11-14(13(16)17)7-3-2-4-8-14/h12H,2-11H2,1H3,(H,16,17). The molecule has 1 atom stereocenters. The maximum atomic E-state index is 11.6. The Morgan fingerprint density at radius 2 is 2.06 bits per heavy atom. The molecule has 1 heterocycles. The second kappa shape index (κ2) is 6.02. The van der Waals surface area contributed by atoms with Gasteiger partial charge >= 0.3 is 5.97 Å². The Kier molecular flexibility index (Phi) is 4.62. The number of hydrogen-bond donors (Lipinski definition) is 1. The molecule has 104 valence electrons. The maximum absolute atomic E-state index is 11.6. The summed E-state index contributed by atoms with van der Waals surface area (Å²) in [7, 11) is 2.03. The lowest BCUT2D eigenvalue weighted by molar-refractivity contribution is -0.152. The van der Waals surface area contributed by atoms with Gasteiger partial charge in [-0.3, -0.25) is 4.79 Å². The first-order chi connectivity index (χ1) is 8.62. The van der Waals surface area contributed by atoms with E-state index in [1.54, 1.807) is 0 Å². The Morgan fingerprint density at radius 3 is 2.61 bits per heavy atom. The number of carbonyl (C=O) groups is 1. The van der Waals surface area contributed by atoms with Crippen molar-refractivity contribution in [2.24, 2.45) is 5.41 Å². The van der Waals surface area contributed by atoms with Crippen LogP contribution in [-0.2, 0) is 9.53 Å². The molecule has 1 saturated carbocycles. The lowest BCUT2D eigenvalue weighted by Gasteiger charge is -2.37. The molecule has 0 aromatic heterocycles. The molecular weight excluding hydrogens is 230 g/mol. The summed E-state index contributed by atoms with van der Waals surface area (Å²) >= 11 is 0. The Balaban J connectivity index is 1.89. The van der Waals surface area contributed by atoms with Gasteiger partial charge in [0.2, 0.25) is 0 Å². The van der Waals surface area contributed by atoms with Crippen molar-refractivity contribution in [3.8, 4) is 0 Å². The van der Waals surface area contributed by atoms with Crippen molar-refractivity contribution < 1.29 is 14.6 Å². The van der Waals surface area contributed by atoms with Crippen LogP contribution in [0.15, 0.2) is 0 Å². The van der Waals surface area contributed by atoms with Crippen molar-refractivity contribution in [1.29, 1.82) is 0 Å². The van der Waals surface area contributed by atoms with Gasteiger partial charge in [0.15, 0.2) is 0 Å². The first-order valence-corrected chi connectivity index (χ1v) is 7.16. The topological polar surface area (TPSA) is 49.8 Å². The monoisotopic (exact) mass is 255 g/mol. The summed E-state index contributed by atoms with van der Waals surface area (Å²) in [5.74, 6) is -0.610. The van der Waals surface area contributed by atoms with Crippen LogP contribution in [-0.4, -0.2) is 48.8 Å². The first-order valence-electron chi connectivity index (χ1n) is 7.16. The Labute approximate surface area is 109 Å². The van der Waals surface area contributed by atoms with Gasteiger partial charge in [0.1, 0.15) is 0 Å². The number of hydrogen-bond acceptors (Lipinski definition) is 3.